The third kappa shape index (κ3) is 3.46. The number of hydrogen-bond acceptors (Lipinski definition) is 0. The van der Waals surface area contributed by atoms with Crippen molar-refractivity contribution < 1.29 is 4.39 Å². The molecule has 1 rings (SSSR count). The molecule has 1 aromatic carbocycles. The van der Waals surface area contributed by atoms with Gasteiger partial charge in [-0.15, -0.1) is 0 Å². The number of aryl methyl sites for hydroxylation is 1. The fourth-order valence-corrected chi connectivity index (χ4v) is 3.00. The molecule has 0 aliphatic heterocycles. The topological polar surface area (TPSA) is 0 Å². The normalized spacial score (nSPS) is 13.3. The lowest BCUT2D eigenvalue weighted by molar-refractivity contribution is 0.581. The van der Waals surface area contributed by atoms with Crippen LogP contribution in [0.25, 0.3) is 0 Å². The van der Waals surface area contributed by atoms with Crippen LogP contribution >= 0.6 is 27.5 Å². The van der Waals surface area contributed by atoms with Crippen LogP contribution in [-0.2, 0) is 0 Å². The van der Waals surface area contributed by atoms with Crippen molar-refractivity contribution in [2.24, 2.45) is 5.92 Å². The standard InChI is InChI=1S/C12H15BrClF/c1-7(2)4-10(13)9-5-8(3)12(15)6-11(9)14/h5-7,10H,4H2,1-3H3. The van der Waals surface area contributed by atoms with Gasteiger partial charge in [0.2, 0.25) is 0 Å². The first-order valence-corrected chi connectivity index (χ1v) is 6.30. The first-order valence-electron chi connectivity index (χ1n) is 5.01. The summed E-state index contributed by atoms with van der Waals surface area (Å²) < 4.78 is 13.2. The van der Waals surface area contributed by atoms with Crippen LogP contribution in [0.5, 0.6) is 0 Å². The molecule has 0 amide bonds. The maximum absolute atomic E-state index is 13.2. The van der Waals surface area contributed by atoms with Crippen LogP contribution in [0.1, 0.15) is 36.2 Å². The molecule has 84 valence electrons. The van der Waals surface area contributed by atoms with E-state index in [2.05, 4.69) is 29.8 Å². The largest absolute Gasteiger partial charge is 0.207 e. The average molecular weight is 294 g/mol. The molecule has 0 aliphatic carbocycles. The SMILES string of the molecule is Cc1cc(C(Br)CC(C)C)c(Cl)cc1F. The van der Waals surface area contributed by atoms with Gasteiger partial charge >= 0.3 is 0 Å². The highest BCUT2D eigenvalue weighted by Crippen LogP contribution is 2.35. The Bertz CT molecular complexity index is 350. The maximum atomic E-state index is 13.2. The fourth-order valence-electron chi connectivity index (χ4n) is 1.46. The highest BCUT2D eigenvalue weighted by atomic mass is 79.9. The van der Waals surface area contributed by atoms with Gasteiger partial charge in [-0.05, 0) is 36.5 Å². The van der Waals surface area contributed by atoms with Gasteiger partial charge in [0.1, 0.15) is 5.82 Å². The molecule has 0 saturated carbocycles. The minimum Gasteiger partial charge on any atom is -0.207 e. The number of alkyl halides is 1. The minimum absolute atomic E-state index is 0.198. The summed E-state index contributed by atoms with van der Waals surface area (Å²) in [6.45, 7) is 6.06. The van der Waals surface area contributed by atoms with Crippen LogP contribution in [0, 0.1) is 18.7 Å². The molecular formula is C12H15BrClF. The molecule has 0 N–H and O–H groups in total. The Kier molecular flexibility index (Phi) is 4.60. The van der Waals surface area contributed by atoms with Crippen molar-refractivity contribution in [2.45, 2.75) is 32.0 Å². The summed E-state index contributed by atoms with van der Waals surface area (Å²) in [5.74, 6) is 0.337. The van der Waals surface area contributed by atoms with E-state index < -0.39 is 0 Å². The summed E-state index contributed by atoms with van der Waals surface area (Å²) >= 11 is 9.60. The van der Waals surface area contributed by atoms with E-state index in [0.717, 1.165) is 12.0 Å². The number of hydrogen-bond donors (Lipinski definition) is 0. The Hall–Kier alpha value is -0.0800. The zero-order valence-corrected chi connectivity index (χ0v) is 11.5. The highest BCUT2D eigenvalue weighted by Gasteiger charge is 2.15. The smallest absolute Gasteiger partial charge is 0.127 e. The predicted octanol–water partition coefficient (Wildman–Crippen LogP) is 5.27. The number of benzene rings is 1. The molecule has 3 heteroatoms. The molecule has 0 bridgehead atoms. The van der Waals surface area contributed by atoms with Crippen molar-refractivity contribution in [3.8, 4) is 0 Å². The first-order chi connectivity index (χ1) is 6.91. The Morgan fingerprint density at radius 2 is 2.00 bits per heavy atom. The second-order valence-electron chi connectivity index (χ2n) is 4.22. The van der Waals surface area contributed by atoms with Crippen molar-refractivity contribution in [3.05, 3.63) is 34.1 Å². The second kappa shape index (κ2) is 5.31. The van der Waals surface area contributed by atoms with Crippen molar-refractivity contribution in [1.82, 2.24) is 0 Å². The summed E-state index contributed by atoms with van der Waals surface area (Å²) in [6.07, 6.45) is 0.991. The monoisotopic (exact) mass is 292 g/mol. The third-order valence-corrected chi connectivity index (χ3v) is 3.49. The van der Waals surface area contributed by atoms with Gasteiger partial charge < -0.3 is 0 Å². The molecule has 15 heavy (non-hydrogen) atoms. The molecule has 1 unspecified atom stereocenters. The highest BCUT2D eigenvalue weighted by molar-refractivity contribution is 9.09. The van der Waals surface area contributed by atoms with Gasteiger partial charge in [-0.1, -0.05) is 47.4 Å². The van der Waals surface area contributed by atoms with Crippen LogP contribution in [0.3, 0.4) is 0 Å². The van der Waals surface area contributed by atoms with Crippen LogP contribution < -0.4 is 0 Å². The maximum Gasteiger partial charge on any atom is 0.127 e. The van der Waals surface area contributed by atoms with E-state index in [1.165, 1.54) is 6.07 Å². The molecule has 0 saturated heterocycles. The summed E-state index contributed by atoms with van der Waals surface area (Å²) in [6, 6.07) is 3.21. The molecule has 0 aromatic heterocycles. The average Bonchev–Trinajstić information content (AvgIpc) is 2.09. The van der Waals surface area contributed by atoms with E-state index in [4.69, 9.17) is 11.6 Å². The molecule has 0 nitrogen and oxygen atoms in total. The van der Waals surface area contributed by atoms with Gasteiger partial charge in [-0.2, -0.15) is 0 Å². The van der Waals surface area contributed by atoms with Crippen LogP contribution in [-0.4, -0.2) is 0 Å². The molecule has 1 aromatic rings. The summed E-state index contributed by atoms with van der Waals surface area (Å²) in [4.78, 5) is 0.198. The zero-order chi connectivity index (χ0) is 11.6. The van der Waals surface area contributed by atoms with Gasteiger partial charge in [-0.25, -0.2) is 4.39 Å². The van der Waals surface area contributed by atoms with E-state index in [1.807, 2.05) is 6.07 Å². The third-order valence-electron chi connectivity index (χ3n) is 2.29. The quantitative estimate of drug-likeness (QED) is 0.666. The summed E-state index contributed by atoms with van der Waals surface area (Å²) in [7, 11) is 0. The van der Waals surface area contributed by atoms with Gasteiger partial charge in [-0.3, -0.25) is 0 Å². The van der Waals surface area contributed by atoms with Crippen LogP contribution in [0.4, 0.5) is 4.39 Å². The van der Waals surface area contributed by atoms with E-state index in [-0.39, 0.29) is 10.6 Å². The molecule has 0 radical (unpaired) electrons. The van der Waals surface area contributed by atoms with E-state index in [0.29, 0.717) is 16.5 Å². The van der Waals surface area contributed by atoms with Gasteiger partial charge in [0.25, 0.3) is 0 Å². The van der Waals surface area contributed by atoms with Gasteiger partial charge in [0, 0.05) is 9.85 Å². The number of halogens is 3. The van der Waals surface area contributed by atoms with Crippen molar-refractivity contribution >= 4 is 27.5 Å². The molecule has 0 fully saturated rings. The molecule has 0 heterocycles. The molecular weight excluding hydrogens is 278 g/mol. The van der Waals surface area contributed by atoms with E-state index in [9.17, 15) is 4.39 Å². The van der Waals surface area contributed by atoms with Crippen LogP contribution in [0.15, 0.2) is 12.1 Å². The van der Waals surface area contributed by atoms with Gasteiger partial charge in [0.05, 0.1) is 0 Å². The van der Waals surface area contributed by atoms with Crippen molar-refractivity contribution in [2.75, 3.05) is 0 Å². The Morgan fingerprint density at radius 3 is 2.53 bits per heavy atom. The summed E-state index contributed by atoms with van der Waals surface area (Å²) in [5, 5.41) is 0.501. The Balaban J connectivity index is 2.98. The first kappa shape index (κ1) is 13.0. The van der Waals surface area contributed by atoms with E-state index in [1.54, 1.807) is 6.92 Å². The Morgan fingerprint density at radius 1 is 1.40 bits per heavy atom. The fraction of sp³-hybridized carbons (Fsp3) is 0.500. The molecule has 1 atom stereocenters. The van der Waals surface area contributed by atoms with Crippen LogP contribution in [0.2, 0.25) is 5.02 Å². The summed E-state index contributed by atoms with van der Waals surface area (Å²) in [5.41, 5.74) is 1.62. The predicted molar refractivity (Wildman–Crippen MR) is 67.3 cm³/mol. The zero-order valence-electron chi connectivity index (χ0n) is 9.15. The minimum atomic E-state index is -0.243. The van der Waals surface area contributed by atoms with E-state index >= 15 is 0 Å². The lowest BCUT2D eigenvalue weighted by atomic mass is 10.0. The number of rotatable bonds is 3. The lowest BCUT2D eigenvalue weighted by Crippen LogP contribution is -1.98. The molecule has 0 aliphatic rings. The second-order valence-corrected chi connectivity index (χ2v) is 5.73. The van der Waals surface area contributed by atoms with Crippen molar-refractivity contribution in [3.63, 3.8) is 0 Å². The Labute approximate surface area is 104 Å². The van der Waals surface area contributed by atoms with Crippen molar-refractivity contribution in [1.29, 1.82) is 0 Å². The van der Waals surface area contributed by atoms with Gasteiger partial charge in [0.15, 0.2) is 0 Å². The molecule has 0 spiro atoms. The lowest BCUT2D eigenvalue weighted by Gasteiger charge is -2.15.